The molecule has 12 heteroatoms. The zero-order valence-electron chi connectivity index (χ0n) is 18.3. The Labute approximate surface area is 201 Å². The minimum atomic E-state index is -4.79. The fourth-order valence-corrected chi connectivity index (χ4v) is 3.63. The average molecular weight is 504 g/mol. The van der Waals surface area contributed by atoms with Crippen LogP contribution in [0.4, 0.5) is 24.5 Å². The van der Waals surface area contributed by atoms with Crippen LogP contribution in [0.2, 0.25) is 5.02 Å². The van der Waals surface area contributed by atoms with Gasteiger partial charge in [0, 0.05) is 16.7 Å². The number of nitro groups is 1. The summed E-state index contributed by atoms with van der Waals surface area (Å²) in [5, 5.41) is 17.4. The van der Waals surface area contributed by atoms with Crippen molar-refractivity contribution in [2.24, 2.45) is 0 Å². The molecule has 0 bridgehead atoms. The fourth-order valence-electron chi connectivity index (χ4n) is 3.46. The van der Waals surface area contributed by atoms with Crippen molar-refractivity contribution in [1.82, 2.24) is 14.6 Å². The van der Waals surface area contributed by atoms with Gasteiger partial charge < -0.3 is 5.32 Å². The van der Waals surface area contributed by atoms with Crippen LogP contribution in [0.25, 0.3) is 16.9 Å². The van der Waals surface area contributed by atoms with Crippen molar-refractivity contribution < 1.29 is 22.9 Å². The average Bonchev–Trinajstić information content (AvgIpc) is 3.23. The Morgan fingerprint density at radius 2 is 1.83 bits per heavy atom. The summed E-state index contributed by atoms with van der Waals surface area (Å²) in [5.41, 5.74) is -1.01. The molecule has 2 aromatic carbocycles. The number of nitro benzene ring substituents is 1. The Kier molecular flexibility index (Phi) is 6.20. The minimum absolute atomic E-state index is 0.00726. The van der Waals surface area contributed by atoms with Gasteiger partial charge >= 0.3 is 6.18 Å². The molecule has 0 fully saturated rings. The molecule has 0 aliphatic carbocycles. The number of nitrogens with zero attached hydrogens (tertiary/aromatic N) is 4. The Morgan fingerprint density at radius 3 is 2.43 bits per heavy atom. The maximum Gasteiger partial charge on any atom is 0.433 e. The Balaban J connectivity index is 1.82. The van der Waals surface area contributed by atoms with Crippen molar-refractivity contribution in [2.75, 3.05) is 5.32 Å². The van der Waals surface area contributed by atoms with Crippen molar-refractivity contribution in [3.63, 3.8) is 0 Å². The topological polar surface area (TPSA) is 102 Å². The number of anilines is 1. The first-order chi connectivity index (χ1) is 16.5. The van der Waals surface area contributed by atoms with Crippen molar-refractivity contribution >= 4 is 34.5 Å². The van der Waals surface area contributed by atoms with E-state index in [0.29, 0.717) is 10.1 Å². The van der Waals surface area contributed by atoms with Crippen LogP contribution in [0, 0.1) is 10.1 Å². The smallest absolute Gasteiger partial charge is 0.316 e. The molecule has 0 unspecified atom stereocenters. The summed E-state index contributed by atoms with van der Waals surface area (Å²) >= 11 is 5.79. The Morgan fingerprint density at radius 1 is 1.14 bits per heavy atom. The van der Waals surface area contributed by atoms with E-state index in [9.17, 15) is 28.1 Å². The van der Waals surface area contributed by atoms with Gasteiger partial charge in [-0.05, 0) is 29.7 Å². The molecular weight excluding hydrogens is 487 g/mol. The Bertz CT molecular complexity index is 1450. The number of fused-ring (bicyclic) bond motifs is 1. The van der Waals surface area contributed by atoms with Gasteiger partial charge in [-0.25, -0.2) is 9.50 Å². The van der Waals surface area contributed by atoms with Gasteiger partial charge in [0.25, 0.3) is 11.6 Å². The van der Waals surface area contributed by atoms with Gasteiger partial charge in [0.15, 0.2) is 11.3 Å². The highest BCUT2D eigenvalue weighted by atomic mass is 35.5. The van der Waals surface area contributed by atoms with Crippen molar-refractivity contribution in [3.8, 4) is 11.3 Å². The molecule has 2 aromatic heterocycles. The van der Waals surface area contributed by atoms with E-state index in [4.69, 9.17) is 11.6 Å². The number of hydrogen-bond donors (Lipinski definition) is 1. The summed E-state index contributed by atoms with van der Waals surface area (Å²) in [7, 11) is 0. The Hall–Kier alpha value is -3.99. The zero-order valence-corrected chi connectivity index (χ0v) is 19.1. The van der Waals surface area contributed by atoms with E-state index in [1.165, 1.54) is 12.1 Å². The molecule has 1 N–H and O–H groups in total. The van der Waals surface area contributed by atoms with Crippen molar-refractivity contribution in [2.45, 2.75) is 25.9 Å². The van der Waals surface area contributed by atoms with Gasteiger partial charge in [0.2, 0.25) is 0 Å². The van der Waals surface area contributed by atoms with E-state index >= 15 is 0 Å². The van der Waals surface area contributed by atoms with Gasteiger partial charge in [-0.1, -0.05) is 49.7 Å². The number of aromatic nitrogens is 3. The van der Waals surface area contributed by atoms with Crippen LogP contribution in [0.5, 0.6) is 0 Å². The second-order valence-corrected chi connectivity index (χ2v) is 8.40. The largest absolute Gasteiger partial charge is 0.433 e. The first kappa shape index (κ1) is 24.1. The molecule has 0 aliphatic rings. The third-order valence-electron chi connectivity index (χ3n) is 5.28. The number of carbonyl (C=O) groups is 1. The third-order valence-corrected chi connectivity index (χ3v) is 5.52. The lowest BCUT2D eigenvalue weighted by molar-refractivity contribution is -0.383. The number of rotatable bonds is 5. The van der Waals surface area contributed by atoms with E-state index in [0.717, 1.165) is 23.9 Å². The highest BCUT2D eigenvalue weighted by Gasteiger charge is 2.36. The normalized spacial score (nSPS) is 11.7. The first-order valence-corrected chi connectivity index (χ1v) is 10.6. The first-order valence-electron chi connectivity index (χ1n) is 10.3. The van der Waals surface area contributed by atoms with Crippen LogP contribution < -0.4 is 5.32 Å². The monoisotopic (exact) mass is 503 g/mol. The number of halogens is 4. The van der Waals surface area contributed by atoms with E-state index in [-0.39, 0.29) is 33.5 Å². The molecular formula is C23H17ClF3N5O3. The molecule has 0 saturated heterocycles. The minimum Gasteiger partial charge on any atom is -0.316 e. The lowest BCUT2D eigenvalue weighted by Crippen LogP contribution is -2.16. The fraction of sp³-hybridized carbons (Fsp3) is 0.174. The molecule has 8 nitrogen and oxygen atoms in total. The lowest BCUT2D eigenvalue weighted by atomic mass is 10.0. The predicted octanol–water partition coefficient (Wildman–Crippen LogP) is 6.35. The van der Waals surface area contributed by atoms with Crippen LogP contribution in [0.15, 0.2) is 54.7 Å². The van der Waals surface area contributed by atoms with Gasteiger partial charge in [0.1, 0.15) is 11.3 Å². The van der Waals surface area contributed by atoms with Gasteiger partial charge in [-0.3, -0.25) is 14.9 Å². The summed E-state index contributed by atoms with van der Waals surface area (Å²) in [6, 6.07) is 11.4. The third kappa shape index (κ3) is 4.80. The second-order valence-electron chi connectivity index (χ2n) is 7.97. The number of carbonyl (C=O) groups excluding carboxylic acids is 1. The number of amides is 1. The van der Waals surface area contributed by atoms with E-state index < -0.39 is 28.4 Å². The molecule has 2 heterocycles. The highest BCUT2D eigenvalue weighted by Crippen LogP contribution is 2.34. The molecule has 0 aliphatic heterocycles. The zero-order chi connectivity index (χ0) is 25.5. The van der Waals surface area contributed by atoms with E-state index in [2.05, 4.69) is 15.4 Å². The molecule has 0 spiro atoms. The van der Waals surface area contributed by atoms with Crippen LogP contribution in [-0.4, -0.2) is 25.4 Å². The van der Waals surface area contributed by atoms with Crippen LogP contribution in [0.1, 0.15) is 41.4 Å². The summed E-state index contributed by atoms with van der Waals surface area (Å²) in [4.78, 5) is 27.8. The van der Waals surface area contributed by atoms with Crippen LogP contribution in [0.3, 0.4) is 0 Å². The van der Waals surface area contributed by atoms with Gasteiger partial charge in [-0.2, -0.15) is 18.3 Å². The van der Waals surface area contributed by atoms with Gasteiger partial charge in [0.05, 0.1) is 16.8 Å². The quantitative estimate of drug-likeness (QED) is 0.252. The molecule has 0 radical (unpaired) electrons. The van der Waals surface area contributed by atoms with Crippen molar-refractivity contribution in [1.29, 1.82) is 0 Å². The molecule has 4 rings (SSSR count). The lowest BCUT2D eigenvalue weighted by Gasteiger charge is -2.12. The summed E-state index contributed by atoms with van der Waals surface area (Å²) in [5.74, 6) is -0.689. The molecule has 35 heavy (non-hydrogen) atoms. The number of nitrogens with one attached hydrogen (secondary N) is 1. The molecule has 180 valence electrons. The molecule has 4 aromatic rings. The van der Waals surface area contributed by atoms with E-state index in [1.54, 1.807) is 24.3 Å². The maximum absolute atomic E-state index is 13.8. The summed E-state index contributed by atoms with van der Waals surface area (Å²) in [6.45, 7) is 3.98. The standard InChI is InChI=1S/C23H17ClF3N5O3/c1-12(2)13-3-5-14(6-4-13)18-10-20(23(25,26)27)31-21(29-18)16(11-28-31)22(33)30-17-8-7-15(24)9-19(17)32(34)35/h3-12H,1-2H3,(H,30,33). The number of hydrogen-bond acceptors (Lipinski definition) is 5. The number of benzene rings is 2. The van der Waals surface area contributed by atoms with E-state index in [1.807, 2.05) is 13.8 Å². The number of alkyl halides is 3. The summed E-state index contributed by atoms with van der Waals surface area (Å²) < 4.78 is 42.1. The predicted molar refractivity (Wildman–Crippen MR) is 124 cm³/mol. The molecule has 0 atom stereocenters. The van der Waals surface area contributed by atoms with Crippen LogP contribution in [-0.2, 0) is 6.18 Å². The SMILES string of the molecule is CC(C)c1ccc(-c2cc(C(F)(F)F)n3ncc(C(=O)Nc4ccc(Cl)cc4[N+](=O)[O-])c3n2)cc1. The molecule has 0 saturated carbocycles. The maximum atomic E-state index is 13.8. The molecule has 1 amide bonds. The highest BCUT2D eigenvalue weighted by molar-refractivity contribution is 6.31. The summed E-state index contributed by atoms with van der Waals surface area (Å²) in [6.07, 6.45) is -3.86. The van der Waals surface area contributed by atoms with Gasteiger partial charge in [-0.15, -0.1) is 0 Å². The second kappa shape index (κ2) is 8.99. The van der Waals surface area contributed by atoms with Crippen molar-refractivity contribution in [3.05, 3.63) is 86.7 Å². The van der Waals surface area contributed by atoms with Crippen LogP contribution >= 0.6 is 11.6 Å².